The summed E-state index contributed by atoms with van der Waals surface area (Å²) in [6, 6.07) is 5.65. The average molecular weight is 484 g/mol. The second kappa shape index (κ2) is 13.1. The van der Waals surface area contributed by atoms with Crippen molar-refractivity contribution in [2.75, 3.05) is 5.32 Å². The SMILES string of the molecule is CCCCCCCCC(=O)NC(NC(=S)Nc1ccc([N+](=O)[O-])cc1)C(Cl)(Cl)Cl. The summed E-state index contributed by atoms with van der Waals surface area (Å²) in [5.74, 6) is -0.248. The van der Waals surface area contributed by atoms with Gasteiger partial charge in [-0.25, -0.2) is 0 Å². The van der Waals surface area contributed by atoms with E-state index in [0.717, 1.165) is 19.3 Å². The van der Waals surface area contributed by atoms with Gasteiger partial charge in [0.05, 0.1) is 4.92 Å². The van der Waals surface area contributed by atoms with E-state index in [9.17, 15) is 14.9 Å². The fourth-order valence-electron chi connectivity index (χ4n) is 2.46. The molecule has 0 bridgehead atoms. The number of thiocarbonyl (C=S) groups is 1. The Morgan fingerprint density at radius 1 is 1.10 bits per heavy atom. The van der Waals surface area contributed by atoms with Gasteiger partial charge in [-0.3, -0.25) is 14.9 Å². The number of carbonyl (C=O) groups is 1. The molecule has 11 heteroatoms. The fourth-order valence-corrected chi connectivity index (χ4v) is 3.03. The molecule has 1 amide bonds. The summed E-state index contributed by atoms with van der Waals surface area (Å²) < 4.78 is -1.84. The second-order valence-corrected chi connectivity index (χ2v) is 9.24. The summed E-state index contributed by atoms with van der Waals surface area (Å²) in [5.41, 5.74) is 0.463. The predicted molar refractivity (Wildman–Crippen MR) is 123 cm³/mol. The normalized spacial score (nSPS) is 12.1. The first-order valence-corrected chi connectivity index (χ1v) is 10.9. The number of nitro groups is 1. The predicted octanol–water partition coefficient (Wildman–Crippen LogP) is 5.44. The number of non-ortho nitro benzene ring substituents is 1. The van der Waals surface area contributed by atoms with Gasteiger partial charge in [0.1, 0.15) is 6.17 Å². The molecule has 0 aliphatic heterocycles. The van der Waals surface area contributed by atoms with Crippen molar-refractivity contribution in [3.63, 3.8) is 0 Å². The van der Waals surface area contributed by atoms with Crippen molar-refractivity contribution in [2.24, 2.45) is 0 Å². The standard InChI is InChI=1S/C18H25Cl3N4O3S/c1-2-3-4-5-6-7-8-15(26)23-16(18(19,20)21)24-17(29)22-13-9-11-14(12-10-13)25(27)28/h9-12,16H,2-8H2,1H3,(H,23,26)(H2,22,24,29). The minimum atomic E-state index is -1.84. The van der Waals surface area contributed by atoms with Gasteiger partial charge in [-0.2, -0.15) is 0 Å². The molecule has 1 unspecified atom stereocenters. The van der Waals surface area contributed by atoms with E-state index in [2.05, 4.69) is 22.9 Å². The number of unbranched alkanes of at least 4 members (excludes halogenated alkanes) is 5. The van der Waals surface area contributed by atoms with Gasteiger partial charge in [0, 0.05) is 24.2 Å². The maximum absolute atomic E-state index is 12.2. The average Bonchev–Trinajstić information content (AvgIpc) is 2.63. The first kappa shape index (κ1) is 25.7. The summed E-state index contributed by atoms with van der Waals surface area (Å²) in [5, 5.41) is 19.0. The van der Waals surface area contributed by atoms with Gasteiger partial charge in [0.15, 0.2) is 5.11 Å². The van der Waals surface area contributed by atoms with Crippen LogP contribution in [0.1, 0.15) is 51.9 Å². The molecular formula is C18H25Cl3N4O3S. The van der Waals surface area contributed by atoms with Crippen LogP contribution in [0.15, 0.2) is 24.3 Å². The van der Waals surface area contributed by atoms with Crippen LogP contribution in [0.4, 0.5) is 11.4 Å². The Bertz CT molecular complexity index is 684. The largest absolute Gasteiger partial charge is 0.339 e. The third kappa shape index (κ3) is 10.8. The molecule has 0 radical (unpaired) electrons. The number of carbonyl (C=O) groups excluding carboxylic acids is 1. The van der Waals surface area contributed by atoms with Crippen molar-refractivity contribution >= 4 is 69.4 Å². The van der Waals surface area contributed by atoms with Gasteiger partial charge in [-0.05, 0) is 30.8 Å². The Morgan fingerprint density at radius 3 is 2.24 bits per heavy atom. The maximum atomic E-state index is 12.2. The van der Waals surface area contributed by atoms with Crippen molar-refractivity contribution in [2.45, 2.75) is 61.8 Å². The maximum Gasteiger partial charge on any atom is 0.269 e. The number of alkyl halides is 3. The van der Waals surface area contributed by atoms with E-state index >= 15 is 0 Å². The molecule has 0 aliphatic rings. The first-order chi connectivity index (χ1) is 13.6. The van der Waals surface area contributed by atoms with Crippen LogP contribution in [0.5, 0.6) is 0 Å². The Balaban J connectivity index is 2.52. The van der Waals surface area contributed by atoms with Crippen LogP contribution in [0.2, 0.25) is 0 Å². The van der Waals surface area contributed by atoms with Gasteiger partial charge in [-0.1, -0.05) is 73.8 Å². The quantitative estimate of drug-likeness (QED) is 0.0968. The van der Waals surface area contributed by atoms with Crippen LogP contribution in [0, 0.1) is 10.1 Å². The first-order valence-electron chi connectivity index (χ1n) is 9.31. The monoisotopic (exact) mass is 482 g/mol. The number of amides is 1. The van der Waals surface area contributed by atoms with Crippen molar-refractivity contribution in [1.82, 2.24) is 10.6 Å². The molecule has 0 heterocycles. The second-order valence-electron chi connectivity index (χ2n) is 6.46. The summed E-state index contributed by atoms with van der Waals surface area (Å²) >= 11 is 23.0. The van der Waals surface area contributed by atoms with E-state index < -0.39 is 14.9 Å². The molecule has 29 heavy (non-hydrogen) atoms. The van der Waals surface area contributed by atoms with Gasteiger partial charge in [0.2, 0.25) is 9.70 Å². The van der Waals surface area contributed by atoms with Gasteiger partial charge in [0.25, 0.3) is 5.69 Å². The Morgan fingerprint density at radius 2 is 1.69 bits per heavy atom. The van der Waals surface area contributed by atoms with Crippen LogP contribution < -0.4 is 16.0 Å². The molecular weight excluding hydrogens is 459 g/mol. The number of nitrogens with zero attached hydrogens (tertiary/aromatic N) is 1. The van der Waals surface area contributed by atoms with Crippen molar-refractivity contribution < 1.29 is 9.72 Å². The third-order valence-corrected chi connectivity index (χ3v) is 4.88. The number of benzene rings is 1. The molecule has 0 fully saturated rings. The highest BCUT2D eigenvalue weighted by molar-refractivity contribution is 7.80. The van der Waals surface area contributed by atoms with Crippen molar-refractivity contribution in [3.8, 4) is 0 Å². The highest BCUT2D eigenvalue weighted by Crippen LogP contribution is 2.29. The highest BCUT2D eigenvalue weighted by atomic mass is 35.6. The van der Waals surface area contributed by atoms with E-state index in [1.807, 2.05) is 0 Å². The number of halogens is 3. The Labute approximate surface area is 191 Å². The molecule has 1 atom stereocenters. The van der Waals surface area contributed by atoms with Crippen molar-refractivity contribution in [1.29, 1.82) is 0 Å². The van der Waals surface area contributed by atoms with E-state index in [1.54, 1.807) is 0 Å². The Kier molecular flexibility index (Phi) is 11.6. The summed E-state index contributed by atoms with van der Waals surface area (Å²) in [7, 11) is 0. The summed E-state index contributed by atoms with van der Waals surface area (Å²) in [4.78, 5) is 22.4. The molecule has 1 rings (SSSR count). The smallest absolute Gasteiger partial charge is 0.269 e. The molecule has 1 aromatic rings. The lowest BCUT2D eigenvalue weighted by Crippen LogP contribution is -2.56. The third-order valence-electron chi connectivity index (χ3n) is 4.00. The zero-order valence-corrected chi connectivity index (χ0v) is 19.1. The van der Waals surface area contributed by atoms with Crippen LogP contribution in [0.25, 0.3) is 0 Å². The molecule has 162 valence electrons. The molecule has 3 N–H and O–H groups in total. The zero-order valence-electron chi connectivity index (χ0n) is 16.1. The van der Waals surface area contributed by atoms with E-state index in [1.165, 1.54) is 43.5 Å². The van der Waals surface area contributed by atoms with Crippen LogP contribution in [0.3, 0.4) is 0 Å². The molecule has 0 saturated carbocycles. The topological polar surface area (TPSA) is 96.3 Å². The van der Waals surface area contributed by atoms with Crippen LogP contribution in [-0.2, 0) is 4.79 Å². The van der Waals surface area contributed by atoms with Gasteiger partial charge in [-0.15, -0.1) is 0 Å². The number of anilines is 1. The number of hydrogen-bond donors (Lipinski definition) is 3. The van der Waals surface area contributed by atoms with Crippen LogP contribution >= 0.6 is 47.0 Å². The van der Waals surface area contributed by atoms with E-state index in [-0.39, 0.29) is 16.7 Å². The van der Waals surface area contributed by atoms with E-state index in [4.69, 9.17) is 47.0 Å². The van der Waals surface area contributed by atoms with Crippen molar-refractivity contribution in [3.05, 3.63) is 34.4 Å². The molecule has 0 saturated heterocycles. The lowest BCUT2D eigenvalue weighted by Gasteiger charge is -2.27. The number of nitro benzene ring substituents is 1. The lowest BCUT2D eigenvalue weighted by atomic mass is 10.1. The lowest BCUT2D eigenvalue weighted by molar-refractivity contribution is -0.384. The molecule has 0 spiro atoms. The summed E-state index contributed by atoms with van der Waals surface area (Å²) in [6.07, 6.45) is 5.64. The molecule has 0 aliphatic carbocycles. The molecule has 7 nitrogen and oxygen atoms in total. The number of hydrogen-bond acceptors (Lipinski definition) is 4. The van der Waals surface area contributed by atoms with Gasteiger partial charge >= 0.3 is 0 Å². The number of nitrogens with one attached hydrogen (secondary N) is 3. The minimum Gasteiger partial charge on any atom is -0.339 e. The summed E-state index contributed by atoms with van der Waals surface area (Å²) in [6.45, 7) is 2.15. The van der Waals surface area contributed by atoms with Gasteiger partial charge < -0.3 is 16.0 Å². The minimum absolute atomic E-state index is 0.0458. The van der Waals surface area contributed by atoms with E-state index in [0.29, 0.717) is 12.1 Å². The number of rotatable bonds is 11. The molecule has 1 aromatic carbocycles. The highest BCUT2D eigenvalue weighted by Gasteiger charge is 2.34. The fraction of sp³-hybridized carbons (Fsp3) is 0.556. The van der Waals surface area contributed by atoms with Crippen LogP contribution in [-0.4, -0.2) is 25.9 Å². The molecule has 0 aromatic heterocycles. The zero-order chi connectivity index (χ0) is 21.9. The Hall–Kier alpha value is -1.35.